The number of hydrogen-bond donors (Lipinski definition) is 2. The number of carbonyl (C=O) groups is 1. The van der Waals surface area contributed by atoms with Crippen LogP contribution in [0.1, 0.15) is 33.6 Å². The number of rotatable bonds is 6. The average Bonchev–Trinajstić information content (AvgIpc) is 3.20. The highest BCUT2D eigenvalue weighted by Gasteiger charge is 2.34. The molecule has 120 valence electrons. The van der Waals surface area contributed by atoms with Crippen LogP contribution in [0.25, 0.3) is 0 Å². The van der Waals surface area contributed by atoms with Crippen molar-refractivity contribution in [1.29, 1.82) is 0 Å². The average molecular weight is 296 g/mol. The molecular weight excluding hydrogens is 268 g/mol. The van der Waals surface area contributed by atoms with Crippen molar-refractivity contribution in [2.75, 3.05) is 26.7 Å². The van der Waals surface area contributed by atoms with Gasteiger partial charge in [-0.05, 0) is 33.6 Å². The molecule has 0 bridgehead atoms. The lowest BCUT2D eigenvalue weighted by Gasteiger charge is -2.27. The topological polar surface area (TPSA) is 66.0 Å². The van der Waals surface area contributed by atoms with Crippen LogP contribution in [0.3, 0.4) is 0 Å². The molecule has 1 aliphatic carbocycles. The summed E-state index contributed by atoms with van der Waals surface area (Å²) in [5.74, 6) is 0.704. The van der Waals surface area contributed by atoms with Gasteiger partial charge < -0.3 is 20.3 Å². The molecule has 1 rings (SSSR count). The summed E-state index contributed by atoms with van der Waals surface area (Å²) in [6.45, 7) is 11.2. The Labute approximate surface area is 127 Å². The van der Waals surface area contributed by atoms with Crippen molar-refractivity contribution in [3.05, 3.63) is 12.7 Å². The van der Waals surface area contributed by atoms with E-state index in [4.69, 9.17) is 4.74 Å². The van der Waals surface area contributed by atoms with Gasteiger partial charge in [0.25, 0.3) is 0 Å². The molecule has 6 heteroatoms. The van der Waals surface area contributed by atoms with Gasteiger partial charge in [-0.25, -0.2) is 4.79 Å². The quantitative estimate of drug-likeness (QED) is 0.445. The standard InChI is InChI=1S/C15H28N4O2/c1-6-9-17-13(16-5)18-10-11-19(12-7-8-12)14(20)21-15(2,3)4/h6,12H,1,7-11H2,2-5H3,(H2,16,17,18). The Hall–Kier alpha value is -1.72. The summed E-state index contributed by atoms with van der Waals surface area (Å²) in [6.07, 6.45) is 3.65. The van der Waals surface area contributed by atoms with E-state index in [1.165, 1.54) is 0 Å². The number of nitrogens with zero attached hydrogens (tertiary/aromatic N) is 2. The summed E-state index contributed by atoms with van der Waals surface area (Å²) in [7, 11) is 1.71. The summed E-state index contributed by atoms with van der Waals surface area (Å²) in [5, 5.41) is 6.27. The van der Waals surface area contributed by atoms with Crippen molar-refractivity contribution in [3.63, 3.8) is 0 Å². The predicted molar refractivity (Wildman–Crippen MR) is 85.5 cm³/mol. The second-order valence-corrected chi connectivity index (χ2v) is 6.07. The second kappa shape index (κ2) is 7.90. The van der Waals surface area contributed by atoms with Gasteiger partial charge in [-0.3, -0.25) is 4.99 Å². The highest BCUT2D eigenvalue weighted by Crippen LogP contribution is 2.27. The third-order valence-corrected chi connectivity index (χ3v) is 2.90. The van der Waals surface area contributed by atoms with Gasteiger partial charge in [0.1, 0.15) is 5.60 Å². The molecule has 1 amide bonds. The SMILES string of the molecule is C=CCNC(=NC)NCCN(C(=O)OC(C)(C)C)C1CC1. The van der Waals surface area contributed by atoms with Crippen molar-refractivity contribution in [3.8, 4) is 0 Å². The van der Waals surface area contributed by atoms with E-state index < -0.39 is 5.60 Å². The van der Waals surface area contributed by atoms with Gasteiger partial charge in [-0.15, -0.1) is 6.58 Å². The Kier molecular flexibility index (Phi) is 6.52. The number of nitrogens with one attached hydrogen (secondary N) is 2. The van der Waals surface area contributed by atoms with Crippen LogP contribution in [0, 0.1) is 0 Å². The molecule has 2 N–H and O–H groups in total. The first-order valence-corrected chi connectivity index (χ1v) is 7.42. The van der Waals surface area contributed by atoms with Crippen molar-refractivity contribution in [1.82, 2.24) is 15.5 Å². The Morgan fingerprint density at radius 3 is 2.57 bits per heavy atom. The minimum Gasteiger partial charge on any atom is -0.444 e. The first kappa shape index (κ1) is 17.3. The molecule has 0 saturated heterocycles. The van der Waals surface area contributed by atoms with Crippen LogP contribution in [-0.4, -0.2) is 55.3 Å². The molecule has 0 aromatic heterocycles. The normalized spacial score (nSPS) is 15.3. The summed E-state index contributed by atoms with van der Waals surface area (Å²) < 4.78 is 5.45. The fourth-order valence-corrected chi connectivity index (χ4v) is 1.81. The minimum absolute atomic E-state index is 0.235. The molecule has 0 aliphatic heterocycles. The summed E-state index contributed by atoms with van der Waals surface area (Å²) in [5.41, 5.74) is -0.459. The highest BCUT2D eigenvalue weighted by atomic mass is 16.6. The van der Waals surface area contributed by atoms with Gasteiger partial charge >= 0.3 is 6.09 Å². The van der Waals surface area contributed by atoms with Gasteiger partial charge in [-0.1, -0.05) is 6.08 Å². The Balaban J connectivity index is 2.41. The first-order chi connectivity index (χ1) is 9.87. The van der Waals surface area contributed by atoms with E-state index >= 15 is 0 Å². The maximum Gasteiger partial charge on any atom is 0.410 e. The maximum atomic E-state index is 12.2. The molecule has 0 heterocycles. The van der Waals surface area contributed by atoms with E-state index in [0.717, 1.165) is 12.8 Å². The van der Waals surface area contributed by atoms with Gasteiger partial charge in [0.05, 0.1) is 0 Å². The fourth-order valence-electron chi connectivity index (χ4n) is 1.81. The third-order valence-electron chi connectivity index (χ3n) is 2.90. The summed E-state index contributed by atoms with van der Waals surface area (Å²) in [4.78, 5) is 18.1. The number of aliphatic imine (C=N–C) groups is 1. The Morgan fingerprint density at radius 1 is 1.43 bits per heavy atom. The second-order valence-electron chi connectivity index (χ2n) is 6.07. The van der Waals surface area contributed by atoms with Crippen LogP contribution in [0.15, 0.2) is 17.6 Å². The zero-order valence-corrected chi connectivity index (χ0v) is 13.6. The third kappa shape index (κ3) is 7.02. The number of hydrogen-bond acceptors (Lipinski definition) is 3. The molecule has 0 unspecified atom stereocenters. The van der Waals surface area contributed by atoms with Gasteiger partial charge in [0, 0.05) is 32.7 Å². The van der Waals surface area contributed by atoms with Crippen LogP contribution < -0.4 is 10.6 Å². The predicted octanol–water partition coefficient (Wildman–Crippen LogP) is 1.74. The number of ether oxygens (including phenoxy) is 1. The van der Waals surface area contributed by atoms with Gasteiger partial charge in [0.2, 0.25) is 0 Å². The number of amides is 1. The Morgan fingerprint density at radius 2 is 2.10 bits per heavy atom. The molecule has 21 heavy (non-hydrogen) atoms. The maximum absolute atomic E-state index is 12.2. The van der Waals surface area contributed by atoms with Crippen molar-refractivity contribution < 1.29 is 9.53 Å². The van der Waals surface area contributed by atoms with E-state index in [9.17, 15) is 4.79 Å². The monoisotopic (exact) mass is 296 g/mol. The molecule has 0 spiro atoms. The summed E-state index contributed by atoms with van der Waals surface area (Å²) in [6, 6.07) is 0.324. The Bertz CT molecular complexity index is 384. The molecule has 0 radical (unpaired) electrons. The summed E-state index contributed by atoms with van der Waals surface area (Å²) >= 11 is 0. The molecule has 0 aromatic rings. The smallest absolute Gasteiger partial charge is 0.410 e. The zero-order chi connectivity index (χ0) is 15.9. The number of carbonyl (C=O) groups excluding carboxylic acids is 1. The van der Waals surface area contributed by atoms with Crippen molar-refractivity contribution in [2.24, 2.45) is 4.99 Å². The zero-order valence-electron chi connectivity index (χ0n) is 13.6. The molecular formula is C15H28N4O2. The van der Waals surface area contributed by atoms with E-state index in [1.807, 2.05) is 20.8 Å². The van der Waals surface area contributed by atoms with Crippen LogP contribution in [0.2, 0.25) is 0 Å². The van der Waals surface area contributed by atoms with E-state index in [2.05, 4.69) is 22.2 Å². The van der Waals surface area contributed by atoms with Crippen LogP contribution >= 0.6 is 0 Å². The first-order valence-electron chi connectivity index (χ1n) is 7.42. The molecule has 0 aromatic carbocycles. The number of guanidine groups is 1. The van der Waals surface area contributed by atoms with E-state index in [1.54, 1.807) is 18.0 Å². The van der Waals surface area contributed by atoms with Crippen LogP contribution in [0.4, 0.5) is 4.79 Å². The van der Waals surface area contributed by atoms with E-state index in [-0.39, 0.29) is 6.09 Å². The van der Waals surface area contributed by atoms with Gasteiger partial charge in [0.15, 0.2) is 5.96 Å². The molecule has 1 aliphatic rings. The fraction of sp³-hybridized carbons (Fsp3) is 0.733. The molecule has 6 nitrogen and oxygen atoms in total. The van der Waals surface area contributed by atoms with Crippen LogP contribution in [-0.2, 0) is 4.74 Å². The lowest BCUT2D eigenvalue weighted by Crippen LogP contribution is -2.45. The van der Waals surface area contributed by atoms with Crippen molar-refractivity contribution in [2.45, 2.75) is 45.3 Å². The van der Waals surface area contributed by atoms with Gasteiger partial charge in [-0.2, -0.15) is 0 Å². The molecule has 0 atom stereocenters. The van der Waals surface area contributed by atoms with Crippen LogP contribution in [0.5, 0.6) is 0 Å². The molecule has 1 fully saturated rings. The highest BCUT2D eigenvalue weighted by molar-refractivity contribution is 5.79. The lowest BCUT2D eigenvalue weighted by molar-refractivity contribution is 0.0238. The largest absolute Gasteiger partial charge is 0.444 e. The molecule has 1 saturated carbocycles. The minimum atomic E-state index is -0.459. The van der Waals surface area contributed by atoms with E-state index in [0.29, 0.717) is 31.6 Å². The van der Waals surface area contributed by atoms with Crippen molar-refractivity contribution >= 4 is 12.1 Å². The lowest BCUT2D eigenvalue weighted by atomic mass is 10.2.